The van der Waals surface area contributed by atoms with E-state index in [1.165, 1.54) is 46.8 Å². The third-order valence-corrected chi connectivity index (χ3v) is 7.21. The van der Waals surface area contributed by atoms with E-state index in [1.807, 2.05) is 0 Å². The average Bonchev–Trinajstić information content (AvgIpc) is 2.87. The molecular weight excluding hydrogens is 593 g/mol. The van der Waals surface area contributed by atoms with Crippen LogP contribution in [0.25, 0.3) is 5.69 Å². The summed E-state index contributed by atoms with van der Waals surface area (Å²) < 4.78 is 41.1. The summed E-state index contributed by atoms with van der Waals surface area (Å²) in [7, 11) is 1.46. The normalized spacial score (nSPS) is 15.2. The second-order valence-electron chi connectivity index (χ2n) is 8.57. The van der Waals surface area contributed by atoms with E-state index < -0.39 is 35.2 Å². The van der Waals surface area contributed by atoms with Crippen LogP contribution < -0.4 is 22.1 Å². The summed E-state index contributed by atoms with van der Waals surface area (Å²) in [4.78, 5) is 44.5. The zero-order valence-corrected chi connectivity index (χ0v) is 22.3. The van der Waals surface area contributed by atoms with Crippen LogP contribution in [0.4, 0.5) is 19.1 Å². The lowest BCUT2D eigenvalue weighted by Crippen LogP contribution is -2.46. The number of nitrogens with zero attached hydrogens (tertiary/aromatic N) is 3. The number of nitrogens with two attached hydrogens (primary N) is 1. The highest BCUT2D eigenvalue weighted by atomic mass is 79.9. The molecule has 14 heteroatoms. The van der Waals surface area contributed by atoms with Gasteiger partial charge in [-0.1, -0.05) is 27.5 Å². The Labute approximate surface area is 227 Å². The number of alkyl halides is 3. The number of benzene rings is 2. The zero-order valence-electron chi connectivity index (χ0n) is 20.0. The summed E-state index contributed by atoms with van der Waals surface area (Å²) in [6, 6.07) is 7.14. The van der Waals surface area contributed by atoms with Gasteiger partial charge < -0.3 is 10.2 Å². The molecule has 9 nitrogen and oxygen atoms in total. The Bertz CT molecular complexity index is 1510. The Balaban J connectivity index is 1.73. The maximum absolute atomic E-state index is 13.5. The van der Waals surface area contributed by atoms with Crippen molar-refractivity contribution in [3.8, 4) is 5.69 Å². The molecule has 4 N–H and O–H groups in total. The van der Waals surface area contributed by atoms with Gasteiger partial charge in [-0.25, -0.2) is 15.4 Å². The topological polar surface area (TPSA) is 122 Å². The van der Waals surface area contributed by atoms with Crippen molar-refractivity contribution in [3.05, 3.63) is 84.2 Å². The minimum atomic E-state index is -4.65. The highest BCUT2D eigenvalue weighted by Crippen LogP contribution is 2.36. The molecule has 0 saturated heterocycles. The van der Waals surface area contributed by atoms with Crippen molar-refractivity contribution in [3.63, 3.8) is 0 Å². The number of nitrogen functional groups attached to an aromatic ring is 1. The highest BCUT2D eigenvalue weighted by Gasteiger charge is 2.36. The number of carbonyl (C=O) groups is 2. The van der Waals surface area contributed by atoms with Crippen LogP contribution in [0.15, 0.2) is 45.7 Å². The Hall–Kier alpha value is -3.42. The molecule has 0 aliphatic carbocycles. The second kappa shape index (κ2) is 10.4. The van der Waals surface area contributed by atoms with E-state index in [2.05, 4.69) is 31.7 Å². The van der Waals surface area contributed by atoms with Gasteiger partial charge in [-0.05, 0) is 49.7 Å². The van der Waals surface area contributed by atoms with Crippen LogP contribution in [0.3, 0.4) is 0 Å². The van der Waals surface area contributed by atoms with Crippen LogP contribution in [-0.4, -0.2) is 39.4 Å². The Morgan fingerprint density at radius 2 is 1.92 bits per heavy atom. The molecule has 0 radical (unpaired) electrons. The van der Waals surface area contributed by atoms with Gasteiger partial charge in [0.05, 0.1) is 34.1 Å². The predicted octanol–water partition coefficient (Wildman–Crippen LogP) is 3.90. The molecule has 1 aliphatic heterocycles. The number of hydrogen-bond donors (Lipinski definition) is 3. The first-order valence-electron chi connectivity index (χ1n) is 11.2. The van der Waals surface area contributed by atoms with E-state index in [1.54, 1.807) is 6.92 Å². The lowest BCUT2D eigenvalue weighted by molar-refractivity contribution is -0.138. The van der Waals surface area contributed by atoms with Gasteiger partial charge in [0.1, 0.15) is 0 Å². The van der Waals surface area contributed by atoms with Crippen molar-refractivity contribution < 1.29 is 22.8 Å². The second-order valence-corrected chi connectivity index (χ2v) is 9.83. The zero-order chi connectivity index (χ0) is 27.9. The minimum Gasteiger partial charge on any atom is -0.355 e. The molecule has 2 aromatic carbocycles. The number of carbonyl (C=O) groups excluding carboxylic acids is 2. The minimum absolute atomic E-state index is 0.0533. The average molecular weight is 614 g/mol. The van der Waals surface area contributed by atoms with Crippen LogP contribution in [0.2, 0.25) is 5.02 Å². The number of hydrogen-bond acceptors (Lipinski definition) is 6. The Kier molecular flexibility index (Phi) is 7.55. The van der Waals surface area contributed by atoms with Gasteiger partial charge in [-0.3, -0.25) is 19.8 Å². The summed E-state index contributed by atoms with van der Waals surface area (Å²) in [5.74, 6) is 4.56. The van der Waals surface area contributed by atoms with Crippen LogP contribution in [0, 0.1) is 0 Å². The molecular formula is C24H21BrClF3N6O3. The van der Waals surface area contributed by atoms with E-state index in [9.17, 15) is 27.6 Å². The molecule has 4 rings (SSSR count). The third-order valence-electron chi connectivity index (χ3n) is 6.21. The van der Waals surface area contributed by atoms with Gasteiger partial charge in [0, 0.05) is 28.7 Å². The van der Waals surface area contributed by atoms with Gasteiger partial charge in [0.25, 0.3) is 17.4 Å². The number of amides is 2. The SMILES string of the molecule is CNC(=O)c1ccc(-n2c(NN)nc3c(c2=O)C[C@@H](C)N(C(=O)c2ccc(Br)c(C(F)(F)F)c2)C3)cc1Cl. The van der Waals surface area contributed by atoms with E-state index in [0.29, 0.717) is 11.3 Å². The van der Waals surface area contributed by atoms with Gasteiger partial charge in [-0.15, -0.1) is 0 Å². The third kappa shape index (κ3) is 5.00. The molecule has 0 fully saturated rings. The summed E-state index contributed by atoms with van der Waals surface area (Å²) >= 11 is 9.14. The number of nitrogens with one attached hydrogen (secondary N) is 2. The molecule has 1 aromatic heterocycles. The van der Waals surface area contributed by atoms with Crippen LogP contribution in [0.1, 0.15) is 44.5 Å². The first-order valence-corrected chi connectivity index (χ1v) is 12.4. The predicted molar refractivity (Wildman–Crippen MR) is 138 cm³/mol. The standard InChI is InChI=1S/C24H21BrClF3N6O3/c1-11-7-15-19(10-34(11)21(37)12-3-6-17(25)16(8-12)24(27,28)29)32-23(33-30)35(22(15)38)13-4-5-14(18(26)9-13)20(36)31-2/h3-6,8-9,11H,7,10,30H2,1-2H3,(H,31,36)(H,32,33)/t11-/m1/s1. The molecule has 0 spiro atoms. The van der Waals surface area contributed by atoms with Gasteiger partial charge in [0.2, 0.25) is 5.95 Å². The fourth-order valence-corrected chi connectivity index (χ4v) is 5.00. The lowest BCUT2D eigenvalue weighted by atomic mass is 9.98. The maximum atomic E-state index is 13.5. The first kappa shape index (κ1) is 27.6. The van der Waals surface area contributed by atoms with E-state index in [4.69, 9.17) is 17.4 Å². The number of hydrazine groups is 1. The maximum Gasteiger partial charge on any atom is 0.417 e. The molecule has 0 unspecified atom stereocenters. The lowest BCUT2D eigenvalue weighted by Gasteiger charge is -2.34. The van der Waals surface area contributed by atoms with Crippen molar-refractivity contribution in [2.45, 2.75) is 32.1 Å². The van der Waals surface area contributed by atoms with Crippen molar-refractivity contribution in [2.75, 3.05) is 12.5 Å². The fraction of sp³-hybridized carbons (Fsp3) is 0.250. The first-order chi connectivity index (χ1) is 17.9. The molecule has 38 heavy (non-hydrogen) atoms. The van der Waals surface area contributed by atoms with E-state index >= 15 is 0 Å². The summed E-state index contributed by atoms with van der Waals surface area (Å²) in [6.07, 6.45) is -4.55. The summed E-state index contributed by atoms with van der Waals surface area (Å²) in [5.41, 5.74) is 1.88. The number of fused-ring (bicyclic) bond motifs is 1. The molecule has 2 amide bonds. The smallest absolute Gasteiger partial charge is 0.355 e. The van der Waals surface area contributed by atoms with Crippen LogP contribution in [0.5, 0.6) is 0 Å². The molecule has 3 aromatic rings. The molecule has 0 bridgehead atoms. The number of rotatable bonds is 4. The molecule has 2 heterocycles. The van der Waals surface area contributed by atoms with Crippen molar-refractivity contribution in [1.29, 1.82) is 0 Å². The largest absolute Gasteiger partial charge is 0.417 e. The quantitative estimate of drug-likeness (QED) is 0.303. The molecule has 1 aliphatic rings. The van der Waals surface area contributed by atoms with Crippen molar-refractivity contribution >= 4 is 45.3 Å². The Morgan fingerprint density at radius 3 is 2.53 bits per heavy atom. The Morgan fingerprint density at radius 1 is 1.21 bits per heavy atom. The monoisotopic (exact) mass is 612 g/mol. The van der Waals surface area contributed by atoms with Crippen LogP contribution >= 0.6 is 27.5 Å². The highest BCUT2D eigenvalue weighted by molar-refractivity contribution is 9.10. The van der Waals surface area contributed by atoms with Crippen molar-refractivity contribution in [2.24, 2.45) is 5.84 Å². The molecule has 200 valence electrons. The summed E-state index contributed by atoms with van der Waals surface area (Å²) in [6.45, 7) is 1.58. The van der Waals surface area contributed by atoms with Crippen molar-refractivity contribution in [1.82, 2.24) is 19.8 Å². The molecule has 0 saturated carbocycles. The van der Waals surface area contributed by atoms with Gasteiger partial charge in [-0.2, -0.15) is 13.2 Å². The number of halogens is 5. The fourth-order valence-electron chi connectivity index (χ4n) is 4.27. The van der Waals surface area contributed by atoms with E-state index in [0.717, 1.165) is 6.07 Å². The van der Waals surface area contributed by atoms with Gasteiger partial charge >= 0.3 is 6.18 Å². The summed E-state index contributed by atoms with van der Waals surface area (Å²) in [5, 5.41) is 2.58. The van der Waals surface area contributed by atoms with E-state index in [-0.39, 0.29) is 45.2 Å². The van der Waals surface area contributed by atoms with Gasteiger partial charge in [0.15, 0.2) is 0 Å². The van der Waals surface area contributed by atoms with Crippen LogP contribution in [-0.2, 0) is 19.1 Å². The number of anilines is 1. The molecule has 1 atom stereocenters. The number of aromatic nitrogens is 2.